The predicted molar refractivity (Wildman–Crippen MR) is 43.7 cm³/mol. The third-order valence-corrected chi connectivity index (χ3v) is 1.28. The van der Waals surface area contributed by atoms with Crippen molar-refractivity contribution in [1.29, 1.82) is 0 Å². The van der Waals surface area contributed by atoms with E-state index in [0.717, 1.165) is 11.5 Å². The van der Waals surface area contributed by atoms with E-state index in [-0.39, 0.29) is 0 Å². The molecule has 0 aromatic rings. The molecular weight excluding hydrogens is 132 g/mol. The average molecular weight is 145 g/mol. The molecular formula is C8H13Cl. The van der Waals surface area contributed by atoms with Gasteiger partial charge >= 0.3 is 0 Å². The first-order valence-electron chi connectivity index (χ1n) is 3.16. The van der Waals surface area contributed by atoms with Crippen molar-refractivity contribution in [3.8, 4) is 0 Å². The van der Waals surface area contributed by atoms with Gasteiger partial charge in [-0.25, -0.2) is 0 Å². The molecule has 0 fully saturated rings. The van der Waals surface area contributed by atoms with E-state index in [1.54, 1.807) is 0 Å². The summed E-state index contributed by atoms with van der Waals surface area (Å²) in [6, 6.07) is 0. The smallest absolute Gasteiger partial charge is 0.0149 e. The highest BCUT2D eigenvalue weighted by molar-refractivity contribution is 6.29. The summed E-state index contributed by atoms with van der Waals surface area (Å²) in [5, 5.41) is 0.836. The van der Waals surface area contributed by atoms with Gasteiger partial charge in [-0.3, -0.25) is 0 Å². The van der Waals surface area contributed by atoms with E-state index in [0.29, 0.717) is 0 Å². The van der Waals surface area contributed by atoms with E-state index in [1.165, 1.54) is 5.57 Å². The Balaban J connectivity index is 3.83. The lowest BCUT2D eigenvalue weighted by Gasteiger charge is -1.88. The van der Waals surface area contributed by atoms with Crippen LogP contribution in [0.3, 0.4) is 0 Å². The van der Waals surface area contributed by atoms with Crippen LogP contribution in [0.5, 0.6) is 0 Å². The monoisotopic (exact) mass is 144 g/mol. The molecule has 0 radical (unpaired) electrons. The van der Waals surface area contributed by atoms with Crippen LogP contribution in [0.1, 0.15) is 27.2 Å². The molecule has 0 saturated carbocycles. The van der Waals surface area contributed by atoms with Crippen molar-refractivity contribution < 1.29 is 0 Å². The molecule has 0 aliphatic rings. The van der Waals surface area contributed by atoms with Crippen molar-refractivity contribution in [3.63, 3.8) is 0 Å². The summed E-state index contributed by atoms with van der Waals surface area (Å²) < 4.78 is 0. The molecule has 0 heterocycles. The highest BCUT2D eigenvalue weighted by Gasteiger charge is 1.79. The average Bonchev–Trinajstić information content (AvgIpc) is 1.83. The van der Waals surface area contributed by atoms with Gasteiger partial charge in [0.05, 0.1) is 0 Å². The fourth-order valence-corrected chi connectivity index (χ4v) is 0.438. The van der Waals surface area contributed by atoms with Crippen molar-refractivity contribution in [2.45, 2.75) is 27.2 Å². The van der Waals surface area contributed by atoms with Crippen LogP contribution in [0.15, 0.2) is 22.8 Å². The maximum atomic E-state index is 5.60. The SMILES string of the molecule is CC/C(C)=C/C=C(\C)Cl. The minimum absolute atomic E-state index is 0.836. The second kappa shape index (κ2) is 4.63. The number of rotatable bonds is 2. The van der Waals surface area contributed by atoms with Crippen LogP contribution in [0.25, 0.3) is 0 Å². The van der Waals surface area contributed by atoms with Crippen molar-refractivity contribution in [2.24, 2.45) is 0 Å². The minimum Gasteiger partial charge on any atom is -0.0895 e. The summed E-state index contributed by atoms with van der Waals surface area (Å²) in [6.45, 7) is 6.10. The Hall–Kier alpha value is -0.230. The fourth-order valence-electron chi connectivity index (χ4n) is 0.375. The van der Waals surface area contributed by atoms with Gasteiger partial charge in [0, 0.05) is 5.03 Å². The second-order valence-corrected chi connectivity index (χ2v) is 2.72. The first-order chi connectivity index (χ1) is 4.16. The quantitative estimate of drug-likeness (QED) is 0.521. The Kier molecular flexibility index (Phi) is 4.51. The second-order valence-electron chi connectivity index (χ2n) is 2.12. The van der Waals surface area contributed by atoms with E-state index in [2.05, 4.69) is 13.8 Å². The molecule has 0 N–H and O–H groups in total. The fraction of sp³-hybridized carbons (Fsp3) is 0.500. The van der Waals surface area contributed by atoms with Crippen molar-refractivity contribution in [1.82, 2.24) is 0 Å². The third-order valence-electron chi connectivity index (χ3n) is 1.16. The van der Waals surface area contributed by atoms with Crippen LogP contribution < -0.4 is 0 Å². The largest absolute Gasteiger partial charge is 0.0895 e. The molecule has 52 valence electrons. The van der Waals surface area contributed by atoms with Gasteiger partial charge in [0.2, 0.25) is 0 Å². The normalized spacial score (nSPS) is 14.2. The molecule has 0 rings (SSSR count). The maximum Gasteiger partial charge on any atom is 0.0149 e. The molecule has 0 aliphatic heterocycles. The molecule has 0 bridgehead atoms. The lowest BCUT2D eigenvalue weighted by Crippen LogP contribution is -1.67. The van der Waals surface area contributed by atoms with Crippen LogP contribution in [-0.4, -0.2) is 0 Å². The zero-order chi connectivity index (χ0) is 7.28. The third kappa shape index (κ3) is 5.64. The highest BCUT2D eigenvalue weighted by atomic mass is 35.5. The Morgan fingerprint density at radius 2 is 1.89 bits per heavy atom. The zero-order valence-electron chi connectivity index (χ0n) is 6.24. The van der Waals surface area contributed by atoms with Gasteiger partial charge in [-0.15, -0.1) is 0 Å². The molecule has 0 aromatic heterocycles. The van der Waals surface area contributed by atoms with Crippen LogP contribution in [0.4, 0.5) is 0 Å². The first-order valence-corrected chi connectivity index (χ1v) is 3.54. The van der Waals surface area contributed by atoms with E-state index in [4.69, 9.17) is 11.6 Å². The molecule has 0 amide bonds. The number of hydrogen-bond donors (Lipinski definition) is 0. The molecule has 1 heteroatoms. The highest BCUT2D eigenvalue weighted by Crippen LogP contribution is 2.02. The summed E-state index contributed by atoms with van der Waals surface area (Å²) in [4.78, 5) is 0. The Morgan fingerprint density at radius 1 is 1.33 bits per heavy atom. The van der Waals surface area contributed by atoms with E-state index < -0.39 is 0 Å². The van der Waals surface area contributed by atoms with Gasteiger partial charge < -0.3 is 0 Å². The number of halogens is 1. The van der Waals surface area contributed by atoms with Gasteiger partial charge in [0.25, 0.3) is 0 Å². The Labute approximate surface area is 62.2 Å². The van der Waals surface area contributed by atoms with Crippen LogP contribution >= 0.6 is 11.6 Å². The summed E-state index contributed by atoms with van der Waals surface area (Å²) in [5.74, 6) is 0. The lowest BCUT2D eigenvalue weighted by atomic mass is 10.2. The molecule has 0 aromatic carbocycles. The van der Waals surface area contributed by atoms with E-state index in [1.807, 2.05) is 19.1 Å². The maximum absolute atomic E-state index is 5.60. The van der Waals surface area contributed by atoms with Gasteiger partial charge in [-0.05, 0) is 26.3 Å². The minimum atomic E-state index is 0.836. The molecule has 0 aliphatic carbocycles. The van der Waals surface area contributed by atoms with Crippen LogP contribution in [-0.2, 0) is 0 Å². The Morgan fingerprint density at radius 3 is 2.22 bits per heavy atom. The summed E-state index contributed by atoms with van der Waals surface area (Å²) in [6.07, 6.45) is 5.06. The van der Waals surface area contributed by atoms with Gasteiger partial charge in [0.15, 0.2) is 0 Å². The summed E-state index contributed by atoms with van der Waals surface area (Å²) >= 11 is 5.60. The Bertz CT molecular complexity index is 128. The molecule has 9 heavy (non-hydrogen) atoms. The van der Waals surface area contributed by atoms with Gasteiger partial charge in [0.1, 0.15) is 0 Å². The van der Waals surface area contributed by atoms with Crippen LogP contribution in [0, 0.1) is 0 Å². The van der Waals surface area contributed by atoms with Crippen molar-refractivity contribution in [2.75, 3.05) is 0 Å². The molecule has 0 spiro atoms. The summed E-state index contributed by atoms with van der Waals surface area (Å²) in [7, 11) is 0. The molecule has 0 nitrogen and oxygen atoms in total. The lowest BCUT2D eigenvalue weighted by molar-refractivity contribution is 1.10. The van der Waals surface area contributed by atoms with Crippen LogP contribution in [0.2, 0.25) is 0 Å². The summed E-state index contributed by atoms with van der Waals surface area (Å²) in [5.41, 5.74) is 1.36. The van der Waals surface area contributed by atoms with Gasteiger partial charge in [-0.2, -0.15) is 0 Å². The predicted octanol–water partition coefficient (Wildman–Crippen LogP) is 3.49. The number of hydrogen-bond acceptors (Lipinski definition) is 0. The van der Waals surface area contributed by atoms with Crippen molar-refractivity contribution >= 4 is 11.6 Å². The topological polar surface area (TPSA) is 0 Å². The zero-order valence-corrected chi connectivity index (χ0v) is 7.00. The standard InChI is InChI=1S/C8H13Cl/c1-4-7(2)5-6-8(3)9/h5-6H,4H2,1-3H3/b7-5+,8-6+. The van der Waals surface area contributed by atoms with E-state index >= 15 is 0 Å². The number of allylic oxidation sites excluding steroid dienone is 4. The molecule has 0 atom stereocenters. The van der Waals surface area contributed by atoms with Crippen molar-refractivity contribution in [3.05, 3.63) is 22.8 Å². The molecule has 0 unspecified atom stereocenters. The molecule has 0 saturated heterocycles. The van der Waals surface area contributed by atoms with E-state index in [9.17, 15) is 0 Å². The van der Waals surface area contributed by atoms with Gasteiger partial charge in [-0.1, -0.05) is 30.2 Å². The first kappa shape index (κ1) is 8.77.